The SMILES string of the molecule is N#Cc1c(-c2ccccc2)nc(NN=Cc2cccc3[nH]c(C(F)(F)F)nc23)[nH]c1=O. The number of nitrogens with one attached hydrogen (secondary N) is 3. The normalized spacial score (nSPS) is 11.7. The summed E-state index contributed by atoms with van der Waals surface area (Å²) in [5, 5.41) is 13.2. The second kappa shape index (κ2) is 7.75. The van der Waals surface area contributed by atoms with Crippen LogP contribution in [0.15, 0.2) is 58.4 Å². The molecule has 0 saturated carbocycles. The lowest BCUT2D eigenvalue weighted by Gasteiger charge is -2.06. The van der Waals surface area contributed by atoms with Gasteiger partial charge in [0.15, 0.2) is 0 Å². The Morgan fingerprint density at radius 3 is 2.55 bits per heavy atom. The summed E-state index contributed by atoms with van der Waals surface area (Å²) < 4.78 is 38.7. The molecule has 2 heterocycles. The molecule has 11 heteroatoms. The molecule has 0 atom stereocenters. The molecule has 0 spiro atoms. The lowest BCUT2D eigenvalue weighted by Crippen LogP contribution is -2.16. The van der Waals surface area contributed by atoms with Crippen molar-refractivity contribution >= 4 is 23.2 Å². The van der Waals surface area contributed by atoms with Crippen LogP contribution < -0.4 is 11.0 Å². The number of anilines is 1. The third-order valence-corrected chi connectivity index (χ3v) is 4.26. The highest BCUT2D eigenvalue weighted by molar-refractivity contribution is 5.96. The smallest absolute Gasteiger partial charge is 0.334 e. The molecule has 2 aromatic carbocycles. The highest BCUT2D eigenvalue weighted by Gasteiger charge is 2.34. The number of benzene rings is 2. The molecular weight excluding hydrogens is 411 g/mol. The zero-order valence-electron chi connectivity index (χ0n) is 15.5. The van der Waals surface area contributed by atoms with Crippen molar-refractivity contribution in [3.63, 3.8) is 0 Å². The van der Waals surface area contributed by atoms with Gasteiger partial charge in [0.05, 0.1) is 22.9 Å². The van der Waals surface area contributed by atoms with Crippen LogP contribution in [0.5, 0.6) is 0 Å². The second-order valence-corrected chi connectivity index (χ2v) is 6.31. The van der Waals surface area contributed by atoms with Crippen LogP contribution in [0.3, 0.4) is 0 Å². The Bertz CT molecular complexity index is 1380. The Hall–Kier alpha value is -4.46. The van der Waals surface area contributed by atoms with E-state index in [1.165, 1.54) is 12.3 Å². The van der Waals surface area contributed by atoms with Crippen molar-refractivity contribution in [1.82, 2.24) is 19.9 Å². The van der Waals surface area contributed by atoms with E-state index in [9.17, 15) is 23.2 Å². The number of hydrogen-bond donors (Lipinski definition) is 3. The number of imidazole rings is 1. The number of H-pyrrole nitrogens is 2. The summed E-state index contributed by atoms with van der Waals surface area (Å²) in [4.78, 5) is 24.7. The largest absolute Gasteiger partial charge is 0.449 e. The highest BCUT2D eigenvalue weighted by Crippen LogP contribution is 2.29. The van der Waals surface area contributed by atoms with E-state index in [0.717, 1.165) is 0 Å². The van der Waals surface area contributed by atoms with Crippen molar-refractivity contribution in [2.24, 2.45) is 5.10 Å². The van der Waals surface area contributed by atoms with E-state index in [1.807, 2.05) is 6.07 Å². The first-order chi connectivity index (χ1) is 14.9. The van der Waals surface area contributed by atoms with Crippen LogP contribution in [-0.2, 0) is 6.18 Å². The quantitative estimate of drug-likeness (QED) is 0.342. The third-order valence-electron chi connectivity index (χ3n) is 4.26. The standard InChI is InChI=1S/C20H12F3N7O/c21-20(22,23)18-26-14-8-4-7-12(16(14)27-18)10-25-30-19-28-15(11-5-2-1-3-6-11)13(9-24)17(31)29-19/h1-8,10H,(H,26,27)(H2,28,29,30,31). The van der Waals surface area contributed by atoms with Crippen LogP contribution in [0.25, 0.3) is 22.3 Å². The van der Waals surface area contributed by atoms with Gasteiger partial charge in [-0.2, -0.15) is 23.5 Å². The predicted octanol–water partition coefficient (Wildman–Crippen LogP) is 3.65. The van der Waals surface area contributed by atoms with Crippen molar-refractivity contribution < 1.29 is 13.2 Å². The Morgan fingerprint density at radius 2 is 1.84 bits per heavy atom. The molecule has 0 radical (unpaired) electrons. The molecule has 0 aliphatic rings. The number of aromatic nitrogens is 4. The average molecular weight is 423 g/mol. The van der Waals surface area contributed by atoms with Gasteiger partial charge in [-0.15, -0.1) is 0 Å². The molecule has 4 rings (SSSR count). The first kappa shape index (κ1) is 19.8. The molecule has 0 unspecified atom stereocenters. The summed E-state index contributed by atoms with van der Waals surface area (Å²) in [7, 11) is 0. The van der Waals surface area contributed by atoms with Crippen molar-refractivity contribution in [3.05, 3.63) is 75.8 Å². The van der Waals surface area contributed by atoms with Crippen LogP contribution >= 0.6 is 0 Å². The first-order valence-corrected chi connectivity index (χ1v) is 8.81. The monoisotopic (exact) mass is 423 g/mol. The second-order valence-electron chi connectivity index (χ2n) is 6.31. The third kappa shape index (κ3) is 3.99. The summed E-state index contributed by atoms with van der Waals surface area (Å²) in [5.74, 6) is -1.15. The molecule has 3 N–H and O–H groups in total. The first-order valence-electron chi connectivity index (χ1n) is 8.81. The maximum absolute atomic E-state index is 12.9. The lowest BCUT2D eigenvalue weighted by atomic mass is 10.1. The van der Waals surface area contributed by atoms with E-state index in [-0.39, 0.29) is 28.2 Å². The highest BCUT2D eigenvalue weighted by atomic mass is 19.4. The summed E-state index contributed by atoms with van der Waals surface area (Å²) in [6.07, 6.45) is -3.35. The summed E-state index contributed by atoms with van der Waals surface area (Å²) in [5.41, 5.74) is 3.07. The molecule has 0 aliphatic carbocycles. The van der Waals surface area contributed by atoms with Gasteiger partial charge >= 0.3 is 6.18 Å². The lowest BCUT2D eigenvalue weighted by molar-refractivity contribution is -0.144. The van der Waals surface area contributed by atoms with Crippen molar-refractivity contribution in [1.29, 1.82) is 5.26 Å². The number of nitrogens with zero attached hydrogens (tertiary/aromatic N) is 4. The Morgan fingerprint density at radius 1 is 1.06 bits per heavy atom. The van der Waals surface area contributed by atoms with E-state index in [2.05, 4.69) is 30.5 Å². The number of fused-ring (bicyclic) bond motifs is 1. The maximum Gasteiger partial charge on any atom is 0.449 e. The summed E-state index contributed by atoms with van der Waals surface area (Å²) >= 11 is 0. The zero-order chi connectivity index (χ0) is 22.0. The number of para-hydroxylation sites is 1. The zero-order valence-corrected chi connectivity index (χ0v) is 15.5. The Kier molecular flexibility index (Phi) is 4.96. The van der Waals surface area contributed by atoms with Crippen molar-refractivity contribution in [2.75, 3.05) is 5.43 Å². The molecule has 0 fully saturated rings. The van der Waals surface area contributed by atoms with Gasteiger partial charge in [-0.1, -0.05) is 42.5 Å². The van der Waals surface area contributed by atoms with E-state index >= 15 is 0 Å². The minimum absolute atomic E-state index is 0.0377. The molecule has 0 bridgehead atoms. The molecule has 0 saturated heterocycles. The van der Waals surface area contributed by atoms with Crippen LogP contribution in [0.2, 0.25) is 0 Å². The number of rotatable bonds is 4. The van der Waals surface area contributed by atoms with Crippen molar-refractivity contribution in [3.8, 4) is 17.3 Å². The van der Waals surface area contributed by atoms with Crippen LogP contribution in [-0.4, -0.2) is 26.2 Å². The summed E-state index contributed by atoms with van der Waals surface area (Å²) in [6.45, 7) is 0. The Labute approximate surface area is 172 Å². The molecule has 8 nitrogen and oxygen atoms in total. The van der Waals surface area contributed by atoms with Crippen LogP contribution in [0, 0.1) is 11.3 Å². The molecule has 4 aromatic rings. The molecular formula is C20H12F3N7O. The van der Waals surface area contributed by atoms with Gasteiger partial charge in [-0.05, 0) is 6.07 Å². The fraction of sp³-hybridized carbons (Fsp3) is 0.0500. The van der Waals surface area contributed by atoms with Gasteiger partial charge in [-0.25, -0.2) is 15.4 Å². The number of aromatic amines is 2. The van der Waals surface area contributed by atoms with E-state index < -0.39 is 17.6 Å². The molecule has 154 valence electrons. The Balaban J connectivity index is 1.66. The molecule has 31 heavy (non-hydrogen) atoms. The van der Waals surface area contributed by atoms with E-state index in [0.29, 0.717) is 11.1 Å². The van der Waals surface area contributed by atoms with E-state index in [1.54, 1.807) is 42.5 Å². The average Bonchev–Trinajstić information content (AvgIpc) is 3.20. The van der Waals surface area contributed by atoms with Gasteiger partial charge < -0.3 is 4.98 Å². The topological polar surface area (TPSA) is 123 Å². The van der Waals surface area contributed by atoms with Crippen LogP contribution in [0.4, 0.5) is 19.1 Å². The van der Waals surface area contributed by atoms with Gasteiger partial charge in [0.2, 0.25) is 11.8 Å². The predicted molar refractivity (Wildman–Crippen MR) is 107 cm³/mol. The number of alkyl halides is 3. The number of nitriles is 1. The van der Waals surface area contributed by atoms with Crippen LogP contribution in [0.1, 0.15) is 17.0 Å². The van der Waals surface area contributed by atoms with E-state index in [4.69, 9.17) is 0 Å². The fourth-order valence-electron chi connectivity index (χ4n) is 2.89. The number of halogens is 3. The van der Waals surface area contributed by atoms with Gasteiger partial charge in [0.25, 0.3) is 5.56 Å². The molecule has 2 aromatic heterocycles. The number of hydrazone groups is 1. The molecule has 0 aliphatic heterocycles. The fourth-order valence-corrected chi connectivity index (χ4v) is 2.89. The minimum atomic E-state index is -4.61. The maximum atomic E-state index is 12.9. The summed E-state index contributed by atoms with van der Waals surface area (Å²) in [6, 6.07) is 15.1. The van der Waals surface area contributed by atoms with Gasteiger partial charge in [0.1, 0.15) is 11.6 Å². The van der Waals surface area contributed by atoms with Gasteiger partial charge in [-0.3, -0.25) is 9.78 Å². The number of hydrogen-bond acceptors (Lipinski definition) is 6. The van der Waals surface area contributed by atoms with Crippen molar-refractivity contribution in [2.45, 2.75) is 6.18 Å². The van der Waals surface area contributed by atoms with Gasteiger partial charge in [0, 0.05) is 11.1 Å². The molecule has 0 amide bonds. The minimum Gasteiger partial charge on any atom is -0.334 e.